The van der Waals surface area contributed by atoms with Crippen LogP contribution in [0.25, 0.3) is 0 Å². The molecule has 1 N–H and O–H groups in total. The smallest absolute Gasteiger partial charge is 0.216 e. The molecule has 0 amide bonds. The van der Waals surface area contributed by atoms with E-state index in [4.69, 9.17) is 12.2 Å². The SMILES string of the molecule is Fc1cccc(/C=N\n2c(C3CC3)n[nH]c2=S)c1. The predicted molar refractivity (Wildman–Crippen MR) is 68.8 cm³/mol. The zero-order chi connectivity index (χ0) is 12.5. The third-order valence-electron chi connectivity index (χ3n) is 2.79. The average molecular weight is 262 g/mol. The average Bonchev–Trinajstić information content (AvgIpc) is 3.12. The summed E-state index contributed by atoms with van der Waals surface area (Å²) in [5, 5.41) is 11.2. The van der Waals surface area contributed by atoms with Gasteiger partial charge in [-0.05, 0) is 42.8 Å². The Balaban J connectivity index is 1.92. The Bertz CT molecular complexity index is 654. The summed E-state index contributed by atoms with van der Waals surface area (Å²) in [5.41, 5.74) is 0.694. The third kappa shape index (κ3) is 2.24. The lowest BCUT2D eigenvalue weighted by Gasteiger charge is -1.98. The van der Waals surface area contributed by atoms with Crippen LogP contribution in [0.1, 0.15) is 30.1 Å². The van der Waals surface area contributed by atoms with E-state index in [0.717, 1.165) is 18.7 Å². The highest BCUT2D eigenvalue weighted by Crippen LogP contribution is 2.38. The van der Waals surface area contributed by atoms with Crippen molar-refractivity contribution in [2.45, 2.75) is 18.8 Å². The Morgan fingerprint density at radius 2 is 2.33 bits per heavy atom. The van der Waals surface area contributed by atoms with Crippen molar-refractivity contribution >= 4 is 18.4 Å². The number of hydrogen-bond donors (Lipinski definition) is 1. The number of aromatic nitrogens is 3. The zero-order valence-electron chi connectivity index (χ0n) is 9.51. The van der Waals surface area contributed by atoms with E-state index >= 15 is 0 Å². The maximum atomic E-state index is 13.0. The lowest BCUT2D eigenvalue weighted by atomic mass is 10.2. The molecule has 0 aliphatic heterocycles. The van der Waals surface area contributed by atoms with Gasteiger partial charge in [-0.15, -0.1) is 0 Å². The maximum Gasteiger partial charge on any atom is 0.216 e. The molecule has 0 spiro atoms. The fourth-order valence-corrected chi connectivity index (χ4v) is 1.92. The lowest BCUT2D eigenvalue weighted by molar-refractivity contribution is 0.627. The van der Waals surface area contributed by atoms with Gasteiger partial charge in [0.15, 0.2) is 5.82 Å². The van der Waals surface area contributed by atoms with Crippen LogP contribution in [-0.4, -0.2) is 21.1 Å². The van der Waals surface area contributed by atoms with Gasteiger partial charge in [0.2, 0.25) is 4.77 Å². The lowest BCUT2D eigenvalue weighted by Crippen LogP contribution is -1.97. The highest BCUT2D eigenvalue weighted by atomic mass is 32.1. The first-order valence-electron chi connectivity index (χ1n) is 5.71. The summed E-state index contributed by atoms with van der Waals surface area (Å²) in [6.07, 6.45) is 3.82. The van der Waals surface area contributed by atoms with Crippen molar-refractivity contribution in [3.05, 3.63) is 46.2 Å². The minimum absolute atomic E-state index is 0.280. The highest BCUT2D eigenvalue weighted by molar-refractivity contribution is 7.71. The standard InChI is InChI=1S/C12H11FN4S/c13-10-3-1-2-8(6-10)7-14-17-11(9-4-5-9)15-16-12(17)18/h1-3,6-7,9H,4-5H2,(H,16,18)/b14-7-. The number of nitrogens with one attached hydrogen (secondary N) is 1. The Morgan fingerprint density at radius 1 is 1.50 bits per heavy atom. The molecule has 0 bridgehead atoms. The number of nitrogens with zero attached hydrogens (tertiary/aromatic N) is 3. The van der Waals surface area contributed by atoms with Gasteiger partial charge in [0.1, 0.15) is 5.82 Å². The second kappa shape index (κ2) is 4.45. The van der Waals surface area contributed by atoms with Crippen molar-refractivity contribution in [3.8, 4) is 0 Å². The van der Waals surface area contributed by atoms with Gasteiger partial charge in [-0.1, -0.05) is 12.1 Å². The van der Waals surface area contributed by atoms with Crippen molar-refractivity contribution < 1.29 is 4.39 Å². The number of hydrogen-bond acceptors (Lipinski definition) is 3. The van der Waals surface area contributed by atoms with E-state index in [0.29, 0.717) is 16.3 Å². The molecule has 1 aliphatic rings. The van der Waals surface area contributed by atoms with Crippen LogP contribution in [0.2, 0.25) is 0 Å². The van der Waals surface area contributed by atoms with Crippen LogP contribution >= 0.6 is 12.2 Å². The van der Waals surface area contributed by atoms with Crippen LogP contribution in [0.5, 0.6) is 0 Å². The number of benzene rings is 1. The summed E-state index contributed by atoms with van der Waals surface area (Å²) >= 11 is 5.12. The van der Waals surface area contributed by atoms with E-state index in [1.165, 1.54) is 12.1 Å². The molecule has 0 radical (unpaired) electrons. The summed E-state index contributed by atoms with van der Waals surface area (Å²) in [6, 6.07) is 6.25. The van der Waals surface area contributed by atoms with Gasteiger partial charge in [-0.2, -0.15) is 14.9 Å². The van der Waals surface area contributed by atoms with E-state index in [1.54, 1.807) is 23.0 Å². The monoisotopic (exact) mass is 262 g/mol. The van der Waals surface area contributed by atoms with Crippen LogP contribution in [0.3, 0.4) is 0 Å². The van der Waals surface area contributed by atoms with Crippen LogP contribution in [0, 0.1) is 10.6 Å². The second-order valence-electron chi connectivity index (χ2n) is 4.27. The predicted octanol–water partition coefficient (Wildman–Crippen LogP) is 2.84. The first-order valence-corrected chi connectivity index (χ1v) is 6.12. The topological polar surface area (TPSA) is 46.0 Å². The third-order valence-corrected chi connectivity index (χ3v) is 3.05. The number of rotatable bonds is 3. The van der Waals surface area contributed by atoms with Crippen LogP contribution < -0.4 is 0 Å². The van der Waals surface area contributed by atoms with Crippen molar-refractivity contribution in [1.82, 2.24) is 14.9 Å². The first-order chi connectivity index (χ1) is 8.74. The Morgan fingerprint density at radius 3 is 3.06 bits per heavy atom. The highest BCUT2D eigenvalue weighted by Gasteiger charge is 2.29. The zero-order valence-corrected chi connectivity index (χ0v) is 10.3. The summed E-state index contributed by atoms with van der Waals surface area (Å²) in [5.74, 6) is 1.02. The van der Waals surface area contributed by atoms with Crippen LogP contribution in [0.15, 0.2) is 29.4 Å². The fraction of sp³-hybridized carbons (Fsp3) is 0.250. The fourth-order valence-electron chi connectivity index (χ4n) is 1.73. The molecular weight excluding hydrogens is 251 g/mol. The largest absolute Gasteiger partial charge is 0.250 e. The quantitative estimate of drug-likeness (QED) is 0.683. The maximum absolute atomic E-state index is 13.0. The van der Waals surface area contributed by atoms with Gasteiger partial charge in [0.25, 0.3) is 0 Å². The van der Waals surface area contributed by atoms with Crippen LogP contribution in [-0.2, 0) is 0 Å². The molecule has 1 aliphatic carbocycles. The van der Waals surface area contributed by atoms with E-state index < -0.39 is 0 Å². The van der Waals surface area contributed by atoms with Crippen molar-refractivity contribution in [3.63, 3.8) is 0 Å². The van der Waals surface area contributed by atoms with Crippen molar-refractivity contribution in [2.75, 3.05) is 0 Å². The number of halogens is 1. The van der Waals surface area contributed by atoms with Gasteiger partial charge in [-0.3, -0.25) is 5.10 Å². The van der Waals surface area contributed by atoms with E-state index in [9.17, 15) is 4.39 Å². The normalized spacial score (nSPS) is 15.4. The van der Waals surface area contributed by atoms with E-state index in [-0.39, 0.29) is 5.82 Å². The molecule has 1 heterocycles. The van der Waals surface area contributed by atoms with Crippen LogP contribution in [0.4, 0.5) is 4.39 Å². The van der Waals surface area contributed by atoms with Gasteiger partial charge >= 0.3 is 0 Å². The van der Waals surface area contributed by atoms with Gasteiger partial charge in [0.05, 0.1) is 6.21 Å². The van der Waals surface area contributed by atoms with Crippen molar-refractivity contribution in [2.24, 2.45) is 5.10 Å². The minimum Gasteiger partial charge on any atom is -0.250 e. The molecule has 4 nitrogen and oxygen atoms in total. The molecule has 0 unspecified atom stereocenters. The molecule has 1 saturated carbocycles. The molecule has 3 rings (SSSR count). The number of H-pyrrole nitrogens is 1. The molecular formula is C12H11FN4S. The van der Waals surface area contributed by atoms with E-state index in [1.807, 2.05) is 0 Å². The molecule has 92 valence electrons. The molecule has 1 aromatic carbocycles. The molecule has 6 heteroatoms. The minimum atomic E-state index is -0.280. The Hall–Kier alpha value is -1.82. The summed E-state index contributed by atoms with van der Waals surface area (Å²) in [4.78, 5) is 0. The van der Waals surface area contributed by atoms with Gasteiger partial charge in [0, 0.05) is 5.92 Å². The summed E-state index contributed by atoms with van der Waals surface area (Å²) in [7, 11) is 0. The summed E-state index contributed by atoms with van der Waals surface area (Å²) in [6.45, 7) is 0. The number of aromatic amines is 1. The molecule has 2 aromatic rings. The van der Waals surface area contributed by atoms with E-state index in [2.05, 4.69) is 15.3 Å². The summed E-state index contributed by atoms with van der Waals surface area (Å²) < 4.78 is 15.1. The van der Waals surface area contributed by atoms with Crippen molar-refractivity contribution in [1.29, 1.82) is 0 Å². The molecule has 0 atom stereocenters. The molecule has 0 saturated heterocycles. The Labute approximate surface area is 108 Å². The molecule has 18 heavy (non-hydrogen) atoms. The first kappa shape index (κ1) is 11.3. The molecule has 1 fully saturated rings. The van der Waals surface area contributed by atoms with Gasteiger partial charge < -0.3 is 0 Å². The Kier molecular flexibility index (Phi) is 2.79. The molecule has 1 aromatic heterocycles. The second-order valence-corrected chi connectivity index (χ2v) is 4.66. The van der Waals surface area contributed by atoms with Gasteiger partial charge in [-0.25, -0.2) is 4.39 Å².